The quantitative estimate of drug-likeness (QED) is 0.582. The fraction of sp³-hybridized carbons (Fsp3) is 0.292. The van der Waals surface area contributed by atoms with Crippen LogP contribution in [-0.4, -0.2) is 46.7 Å². The molecule has 3 aromatic rings. The van der Waals surface area contributed by atoms with Crippen LogP contribution in [0.5, 0.6) is 5.75 Å². The van der Waals surface area contributed by atoms with E-state index in [1.54, 1.807) is 27.9 Å². The average molecular weight is 467 g/mol. The molecular formula is C24H20F3N5O2. The number of carbonyl (C=O) groups is 1. The highest BCUT2D eigenvalue weighted by Gasteiger charge is 2.41. The first-order chi connectivity index (χ1) is 16.3. The highest BCUT2D eigenvalue weighted by atomic mass is 19.3. The zero-order valence-corrected chi connectivity index (χ0v) is 18.3. The van der Waals surface area contributed by atoms with Gasteiger partial charge in [0.2, 0.25) is 0 Å². The summed E-state index contributed by atoms with van der Waals surface area (Å²) in [5, 5.41) is 14.0. The Kier molecular flexibility index (Phi) is 5.20. The number of ether oxygens (including phenoxy) is 1. The monoisotopic (exact) mass is 467 g/mol. The Morgan fingerprint density at radius 3 is 2.56 bits per heavy atom. The molecule has 34 heavy (non-hydrogen) atoms. The van der Waals surface area contributed by atoms with Crippen molar-refractivity contribution in [2.24, 2.45) is 0 Å². The van der Waals surface area contributed by atoms with Gasteiger partial charge in [-0.3, -0.25) is 4.79 Å². The molecule has 1 aromatic heterocycles. The number of alkyl halides is 2. The van der Waals surface area contributed by atoms with Gasteiger partial charge in [-0.1, -0.05) is 0 Å². The van der Waals surface area contributed by atoms with E-state index in [9.17, 15) is 23.2 Å². The number of hydrogen-bond acceptors (Lipinski definition) is 5. The minimum atomic E-state index is -2.85. The van der Waals surface area contributed by atoms with Crippen LogP contribution in [0.25, 0.3) is 5.69 Å². The Balaban J connectivity index is 1.46. The molecule has 0 spiro atoms. The molecule has 174 valence electrons. The Morgan fingerprint density at radius 2 is 1.94 bits per heavy atom. The van der Waals surface area contributed by atoms with Crippen LogP contribution in [0.3, 0.4) is 0 Å². The lowest BCUT2D eigenvalue weighted by Gasteiger charge is -2.26. The molecule has 2 aromatic carbocycles. The van der Waals surface area contributed by atoms with Gasteiger partial charge in [-0.05, 0) is 36.4 Å². The third-order valence-corrected chi connectivity index (χ3v) is 6.14. The Bertz CT molecular complexity index is 1290. The highest BCUT2D eigenvalue weighted by molar-refractivity contribution is 6.03. The van der Waals surface area contributed by atoms with Crippen molar-refractivity contribution < 1.29 is 22.7 Å². The zero-order valence-electron chi connectivity index (χ0n) is 18.3. The van der Waals surface area contributed by atoms with Gasteiger partial charge in [-0.2, -0.15) is 10.4 Å². The first-order valence-corrected chi connectivity index (χ1v) is 10.7. The lowest BCUT2D eigenvalue weighted by Crippen LogP contribution is -2.31. The summed E-state index contributed by atoms with van der Waals surface area (Å²) in [5.74, 6) is -3.55. The average Bonchev–Trinajstić information content (AvgIpc) is 3.50. The SMILES string of the molecule is COc1c(C#N)ccc(N2CCC(F)(F)C2)c1C(=O)N1Cc2cn(-c3ccc(F)cc3)nc2C1. The predicted octanol–water partition coefficient (Wildman–Crippen LogP) is 3.89. The molecule has 1 fully saturated rings. The maximum absolute atomic E-state index is 13.9. The molecular weight excluding hydrogens is 447 g/mol. The van der Waals surface area contributed by atoms with Gasteiger partial charge in [0, 0.05) is 31.3 Å². The maximum atomic E-state index is 13.9. The van der Waals surface area contributed by atoms with E-state index in [0.29, 0.717) is 17.1 Å². The summed E-state index contributed by atoms with van der Waals surface area (Å²) in [6, 6.07) is 10.9. The molecule has 5 rings (SSSR count). The van der Waals surface area contributed by atoms with Gasteiger partial charge in [0.1, 0.15) is 17.4 Å². The second-order valence-corrected chi connectivity index (χ2v) is 8.36. The Labute approximate surface area is 193 Å². The lowest BCUT2D eigenvalue weighted by atomic mass is 10.0. The molecule has 1 amide bonds. The van der Waals surface area contributed by atoms with Crippen LogP contribution in [0.15, 0.2) is 42.6 Å². The molecule has 0 saturated carbocycles. The van der Waals surface area contributed by atoms with E-state index in [-0.39, 0.29) is 48.7 Å². The van der Waals surface area contributed by atoms with E-state index in [2.05, 4.69) is 5.10 Å². The van der Waals surface area contributed by atoms with Gasteiger partial charge in [0.25, 0.3) is 11.8 Å². The predicted molar refractivity (Wildman–Crippen MR) is 117 cm³/mol. The van der Waals surface area contributed by atoms with Crippen molar-refractivity contribution >= 4 is 11.6 Å². The summed E-state index contributed by atoms with van der Waals surface area (Å²) in [7, 11) is 1.35. The minimum Gasteiger partial charge on any atom is -0.494 e. The summed E-state index contributed by atoms with van der Waals surface area (Å²) in [4.78, 5) is 16.6. The van der Waals surface area contributed by atoms with Crippen molar-refractivity contribution in [2.45, 2.75) is 25.4 Å². The normalized spacial score (nSPS) is 16.4. The van der Waals surface area contributed by atoms with E-state index in [0.717, 1.165) is 5.56 Å². The van der Waals surface area contributed by atoms with Crippen LogP contribution in [0.4, 0.5) is 18.9 Å². The molecule has 1 saturated heterocycles. The van der Waals surface area contributed by atoms with E-state index in [1.165, 1.54) is 36.3 Å². The first-order valence-electron chi connectivity index (χ1n) is 10.7. The van der Waals surface area contributed by atoms with Crippen molar-refractivity contribution in [2.75, 3.05) is 25.1 Å². The summed E-state index contributed by atoms with van der Waals surface area (Å²) < 4.78 is 48.1. The third-order valence-electron chi connectivity index (χ3n) is 6.14. The molecule has 0 N–H and O–H groups in total. The van der Waals surface area contributed by atoms with Gasteiger partial charge >= 0.3 is 0 Å². The second kappa shape index (κ2) is 8.09. The van der Waals surface area contributed by atoms with Gasteiger partial charge < -0.3 is 14.5 Å². The van der Waals surface area contributed by atoms with E-state index in [4.69, 9.17) is 4.74 Å². The summed E-state index contributed by atoms with van der Waals surface area (Å²) >= 11 is 0. The van der Waals surface area contributed by atoms with Crippen LogP contribution in [0.2, 0.25) is 0 Å². The lowest BCUT2D eigenvalue weighted by molar-refractivity contribution is 0.0256. The molecule has 0 radical (unpaired) electrons. The second-order valence-electron chi connectivity index (χ2n) is 8.36. The molecule has 7 nitrogen and oxygen atoms in total. The molecule has 10 heteroatoms. The maximum Gasteiger partial charge on any atom is 0.266 e. The molecule has 3 heterocycles. The number of nitrogens with zero attached hydrogens (tertiary/aromatic N) is 5. The van der Waals surface area contributed by atoms with Crippen molar-refractivity contribution in [3.63, 3.8) is 0 Å². The third kappa shape index (κ3) is 3.73. The Hall–Kier alpha value is -4.00. The van der Waals surface area contributed by atoms with Crippen LogP contribution in [0, 0.1) is 17.1 Å². The zero-order chi connectivity index (χ0) is 24.0. The molecule has 0 atom stereocenters. The number of carbonyl (C=O) groups excluding carboxylic acids is 1. The standard InChI is InChI=1S/C24H20F3N5O2/c1-34-22-15(10-28)2-7-20(30-9-8-24(26,27)14-30)21(22)23(33)31-11-16-12-32(29-19(16)13-31)18-5-3-17(25)4-6-18/h2-7,12H,8-9,11,13-14H2,1H3. The Morgan fingerprint density at radius 1 is 1.18 bits per heavy atom. The highest BCUT2D eigenvalue weighted by Crippen LogP contribution is 2.39. The van der Waals surface area contributed by atoms with Gasteiger partial charge in [0.05, 0.1) is 42.8 Å². The molecule has 0 unspecified atom stereocenters. The fourth-order valence-electron chi connectivity index (χ4n) is 4.46. The number of nitriles is 1. The first kappa shape index (κ1) is 21.8. The minimum absolute atomic E-state index is 0.0705. The number of amides is 1. The van der Waals surface area contributed by atoms with Crippen LogP contribution in [-0.2, 0) is 13.1 Å². The number of rotatable bonds is 4. The molecule has 2 aliphatic heterocycles. The van der Waals surface area contributed by atoms with E-state index >= 15 is 0 Å². The number of hydrogen-bond donors (Lipinski definition) is 0. The summed E-state index contributed by atoms with van der Waals surface area (Å²) in [6.45, 7) is 0.0441. The van der Waals surface area contributed by atoms with Crippen LogP contribution < -0.4 is 9.64 Å². The summed E-state index contributed by atoms with van der Waals surface area (Å²) in [6.07, 6.45) is 1.47. The molecule has 0 aliphatic carbocycles. The van der Waals surface area contributed by atoms with Crippen molar-refractivity contribution in [1.82, 2.24) is 14.7 Å². The largest absolute Gasteiger partial charge is 0.494 e. The smallest absolute Gasteiger partial charge is 0.266 e. The number of anilines is 1. The molecule has 0 bridgehead atoms. The van der Waals surface area contributed by atoms with Gasteiger partial charge in [-0.15, -0.1) is 0 Å². The van der Waals surface area contributed by atoms with Gasteiger partial charge in [0.15, 0.2) is 5.75 Å². The fourth-order valence-corrected chi connectivity index (χ4v) is 4.46. The van der Waals surface area contributed by atoms with Gasteiger partial charge in [-0.25, -0.2) is 17.9 Å². The van der Waals surface area contributed by atoms with E-state index < -0.39 is 18.4 Å². The summed E-state index contributed by atoms with van der Waals surface area (Å²) in [5.41, 5.74) is 2.76. The van der Waals surface area contributed by atoms with Crippen molar-refractivity contribution in [3.8, 4) is 17.5 Å². The van der Waals surface area contributed by atoms with Crippen LogP contribution in [0.1, 0.15) is 33.6 Å². The number of methoxy groups -OCH3 is 1. The van der Waals surface area contributed by atoms with Crippen molar-refractivity contribution in [3.05, 3.63) is 70.8 Å². The number of halogens is 3. The topological polar surface area (TPSA) is 74.4 Å². The van der Waals surface area contributed by atoms with Crippen LogP contribution >= 0.6 is 0 Å². The van der Waals surface area contributed by atoms with E-state index in [1.807, 2.05) is 6.07 Å². The van der Waals surface area contributed by atoms with Crippen molar-refractivity contribution in [1.29, 1.82) is 5.26 Å². The molecule has 2 aliphatic rings. The number of aromatic nitrogens is 2. The number of benzene rings is 2. The number of fused-ring (bicyclic) bond motifs is 1.